The summed E-state index contributed by atoms with van der Waals surface area (Å²) in [7, 11) is 0. The molecule has 0 saturated heterocycles. The number of ether oxygens (including phenoxy) is 1. The molecule has 4 nitrogen and oxygen atoms in total. The molecule has 4 heteroatoms. The van der Waals surface area contributed by atoms with Crippen LogP contribution in [0.1, 0.15) is 17.3 Å². The summed E-state index contributed by atoms with van der Waals surface area (Å²) in [6.07, 6.45) is 0. The SMILES string of the molecule is CCOc1cccc(C(=O)Nc2cccc(N)c2)c1. The maximum Gasteiger partial charge on any atom is 0.255 e. The number of nitrogens with two attached hydrogens (primary N) is 1. The van der Waals surface area contributed by atoms with Gasteiger partial charge in [0.2, 0.25) is 0 Å². The van der Waals surface area contributed by atoms with Gasteiger partial charge in [-0.1, -0.05) is 12.1 Å². The fourth-order valence-corrected chi connectivity index (χ4v) is 1.71. The number of nitrogen functional groups attached to an aromatic ring is 1. The quantitative estimate of drug-likeness (QED) is 0.827. The van der Waals surface area contributed by atoms with Crippen LogP contribution in [0, 0.1) is 0 Å². The first-order valence-electron chi connectivity index (χ1n) is 6.09. The minimum atomic E-state index is -0.188. The summed E-state index contributed by atoms with van der Waals surface area (Å²) in [6.45, 7) is 2.47. The van der Waals surface area contributed by atoms with Gasteiger partial charge < -0.3 is 15.8 Å². The zero-order chi connectivity index (χ0) is 13.7. The topological polar surface area (TPSA) is 64.3 Å². The summed E-state index contributed by atoms with van der Waals surface area (Å²) in [5.41, 5.74) is 7.50. The van der Waals surface area contributed by atoms with E-state index in [9.17, 15) is 4.79 Å². The van der Waals surface area contributed by atoms with Crippen molar-refractivity contribution in [1.82, 2.24) is 0 Å². The molecule has 0 aromatic heterocycles. The zero-order valence-corrected chi connectivity index (χ0v) is 10.7. The fraction of sp³-hybridized carbons (Fsp3) is 0.133. The summed E-state index contributed by atoms with van der Waals surface area (Å²) >= 11 is 0. The highest BCUT2D eigenvalue weighted by atomic mass is 16.5. The van der Waals surface area contributed by atoms with Crippen LogP contribution in [0.3, 0.4) is 0 Å². The normalized spacial score (nSPS) is 9.95. The summed E-state index contributed by atoms with van der Waals surface area (Å²) in [5.74, 6) is 0.495. The van der Waals surface area contributed by atoms with Crippen molar-refractivity contribution in [1.29, 1.82) is 0 Å². The minimum Gasteiger partial charge on any atom is -0.494 e. The van der Waals surface area contributed by atoms with Crippen molar-refractivity contribution < 1.29 is 9.53 Å². The Morgan fingerprint density at radius 3 is 2.74 bits per heavy atom. The Labute approximate surface area is 112 Å². The van der Waals surface area contributed by atoms with Crippen molar-refractivity contribution in [2.45, 2.75) is 6.92 Å². The number of amides is 1. The van der Waals surface area contributed by atoms with Crippen LogP contribution in [-0.2, 0) is 0 Å². The highest BCUT2D eigenvalue weighted by Crippen LogP contribution is 2.16. The lowest BCUT2D eigenvalue weighted by atomic mass is 10.2. The number of hydrogen-bond acceptors (Lipinski definition) is 3. The fourth-order valence-electron chi connectivity index (χ4n) is 1.71. The molecular formula is C15H16N2O2. The predicted molar refractivity (Wildman–Crippen MR) is 76.4 cm³/mol. The molecular weight excluding hydrogens is 240 g/mol. The molecule has 0 radical (unpaired) electrons. The smallest absolute Gasteiger partial charge is 0.255 e. The van der Waals surface area contributed by atoms with Gasteiger partial charge in [-0.15, -0.1) is 0 Å². The Morgan fingerprint density at radius 1 is 1.21 bits per heavy atom. The van der Waals surface area contributed by atoms with Gasteiger partial charge in [0.15, 0.2) is 0 Å². The van der Waals surface area contributed by atoms with E-state index in [1.807, 2.05) is 13.0 Å². The summed E-state index contributed by atoms with van der Waals surface area (Å²) in [4.78, 5) is 12.1. The van der Waals surface area contributed by atoms with E-state index in [1.165, 1.54) is 0 Å². The van der Waals surface area contributed by atoms with Gasteiger partial charge in [-0.25, -0.2) is 0 Å². The molecule has 0 unspecified atom stereocenters. The molecule has 0 aliphatic heterocycles. The van der Waals surface area contributed by atoms with E-state index in [2.05, 4.69) is 5.32 Å². The van der Waals surface area contributed by atoms with Gasteiger partial charge in [-0.3, -0.25) is 4.79 Å². The third-order valence-corrected chi connectivity index (χ3v) is 2.55. The van der Waals surface area contributed by atoms with Gasteiger partial charge in [0.25, 0.3) is 5.91 Å². The second-order valence-electron chi connectivity index (χ2n) is 4.04. The van der Waals surface area contributed by atoms with Crippen LogP contribution in [0.15, 0.2) is 48.5 Å². The Kier molecular flexibility index (Phi) is 4.03. The van der Waals surface area contributed by atoms with Gasteiger partial charge >= 0.3 is 0 Å². The van der Waals surface area contributed by atoms with Crippen molar-refractivity contribution in [2.75, 3.05) is 17.7 Å². The molecule has 0 aliphatic rings. The van der Waals surface area contributed by atoms with Crippen LogP contribution in [0.2, 0.25) is 0 Å². The molecule has 1 amide bonds. The van der Waals surface area contributed by atoms with E-state index in [1.54, 1.807) is 42.5 Å². The van der Waals surface area contributed by atoms with Crippen LogP contribution in [0.4, 0.5) is 11.4 Å². The molecule has 0 fully saturated rings. The van der Waals surface area contributed by atoms with Crippen LogP contribution in [-0.4, -0.2) is 12.5 Å². The number of hydrogen-bond donors (Lipinski definition) is 2. The Hall–Kier alpha value is -2.49. The summed E-state index contributed by atoms with van der Waals surface area (Å²) in [6, 6.07) is 14.1. The molecule has 0 bridgehead atoms. The zero-order valence-electron chi connectivity index (χ0n) is 10.7. The molecule has 0 spiro atoms. The molecule has 0 heterocycles. The molecule has 2 aromatic carbocycles. The minimum absolute atomic E-state index is 0.188. The first-order chi connectivity index (χ1) is 9.19. The van der Waals surface area contributed by atoms with Crippen molar-refractivity contribution in [2.24, 2.45) is 0 Å². The number of nitrogens with one attached hydrogen (secondary N) is 1. The van der Waals surface area contributed by atoms with Crippen LogP contribution in [0.5, 0.6) is 5.75 Å². The highest BCUT2D eigenvalue weighted by molar-refractivity contribution is 6.04. The third kappa shape index (κ3) is 3.48. The number of benzene rings is 2. The standard InChI is InChI=1S/C15H16N2O2/c1-2-19-14-8-3-5-11(9-14)15(18)17-13-7-4-6-12(16)10-13/h3-10H,2,16H2,1H3,(H,17,18). The third-order valence-electron chi connectivity index (χ3n) is 2.55. The lowest BCUT2D eigenvalue weighted by Crippen LogP contribution is -2.12. The number of carbonyl (C=O) groups excluding carboxylic acids is 1. The molecule has 0 atom stereocenters. The van der Waals surface area contributed by atoms with Crippen molar-refractivity contribution >= 4 is 17.3 Å². The van der Waals surface area contributed by atoms with Crippen molar-refractivity contribution in [3.8, 4) is 5.75 Å². The van der Waals surface area contributed by atoms with E-state index >= 15 is 0 Å². The van der Waals surface area contributed by atoms with Gasteiger partial charge in [0, 0.05) is 16.9 Å². The van der Waals surface area contributed by atoms with Crippen LogP contribution in [0.25, 0.3) is 0 Å². The first kappa shape index (κ1) is 13.0. The van der Waals surface area contributed by atoms with Crippen molar-refractivity contribution in [3.63, 3.8) is 0 Å². The molecule has 0 saturated carbocycles. The van der Waals surface area contributed by atoms with Crippen LogP contribution >= 0.6 is 0 Å². The molecule has 2 rings (SSSR count). The Morgan fingerprint density at radius 2 is 2.00 bits per heavy atom. The van der Waals surface area contributed by atoms with E-state index < -0.39 is 0 Å². The Balaban J connectivity index is 2.13. The Bertz CT molecular complexity index is 582. The van der Waals surface area contributed by atoms with E-state index in [-0.39, 0.29) is 5.91 Å². The van der Waals surface area contributed by atoms with Crippen LogP contribution < -0.4 is 15.8 Å². The van der Waals surface area contributed by atoms with Crippen molar-refractivity contribution in [3.05, 3.63) is 54.1 Å². The monoisotopic (exact) mass is 256 g/mol. The van der Waals surface area contributed by atoms with E-state index in [0.717, 1.165) is 0 Å². The molecule has 98 valence electrons. The average Bonchev–Trinajstić information content (AvgIpc) is 2.39. The number of carbonyl (C=O) groups is 1. The lowest BCUT2D eigenvalue weighted by molar-refractivity contribution is 0.102. The molecule has 3 N–H and O–H groups in total. The summed E-state index contributed by atoms with van der Waals surface area (Å²) < 4.78 is 5.37. The highest BCUT2D eigenvalue weighted by Gasteiger charge is 2.07. The number of anilines is 2. The average molecular weight is 256 g/mol. The van der Waals surface area contributed by atoms with Gasteiger partial charge in [0.05, 0.1) is 6.61 Å². The molecule has 2 aromatic rings. The number of rotatable bonds is 4. The second kappa shape index (κ2) is 5.91. The largest absolute Gasteiger partial charge is 0.494 e. The molecule has 0 aliphatic carbocycles. The summed E-state index contributed by atoms with van der Waals surface area (Å²) in [5, 5.41) is 2.79. The maximum atomic E-state index is 12.1. The van der Waals surface area contributed by atoms with E-state index in [0.29, 0.717) is 29.3 Å². The second-order valence-corrected chi connectivity index (χ2v) is 4.04. The lowest BCUT2D eigenvalue weighted by Gasteiger charge is -2.08. The van der Waals surface area contributed by atoms with E-state index in [4.69, 9.17) is 10.5 Å². The predicted octanol–water partition coefficient (Wildman–Crippen LogP) is 2.92. The maximum absolute atomic E-state index is 12.1. The van der Waals surface area contributed by atoms with Gasteiger partial charge in [-0.05, 0) is 43.3 Å². The van der Waals surface area contributed by atoms with Gasteiger partial charge in [-0.2, -0.15) is 0 Å². The first-order valence-corrected chi connectivity index (χ1v) is 6.09. The molecule has 19 heavy (non-hydrogen) atoms. The van der Waals surface area contributed by atoms with Gasteiger partial charge in [0.1, 0.15) is 5.75 Å².